The molecule has 1 aromatic carbocycles. The van der Waals surface area contributed by atoms with Gasteiger partial charge in [-0.3, -0.25) is 4.79 Å². The standard InChI is InChI=1S/C15H19N5O6S/c1-10(21)26-13(14(22)23)12(9-19(2)3)27(24,25)15-16-17-18-20(15)11-7-5-4-6-8-11/h4-8,12-13H,9H2,1-3H3,(H,22,23). The molecular formula is C15H19N5O6S. The maximum Gasteiger partial charge on any atom is 0.346 e. The van der Waals surface area contributed by atoms with E-state index in [2.05, 4.69) is 15.5 Å². The van der Waals surface area contributed by atoms with Gasteiger partial charge in [0, 0.05) is 13.5 Å². The van der Waals surface area contributed by atoms with E-state index in [4.69, 9.17) is 4.74 Å². The Kier molecular flexibility index (Phi) is 6.23. The summed E-state index contributed by atoms with van der Waals surface area (Å²) in [5.41, 5.74) is 0.379. The molecule has 1 N–H and O–H groups in total. The zero-order chi connectivity index (χ0) is 20.2. The van der Waals surface area contributed by atoms with E-state index >= 15 is 0 Å². The number of aromatic nitrogens is 4. The third kappa shape index (κ3) is 4.65. The molecule has 0 saturated heterocycles. The Balaban J connectivity index is 2.57. The molecule has 0 bridgehead atoms. The Hall–Kier alpha value is -2.86. The number of sulfone groups is 1. The number of carbonyl (C=O) groups is 2. The summed E-state index contributed by atoms with van der Waals surface area (Å²) in [5, 5.41) is 17.9. The van der Waals surface area contributed by atoms with Crippen LogP contribution in [0.1, 0.15) is 6.92 Å². The molecule has 0 aliphatic heterocycles. The lowest BCUT2D eigenvalue weighted by Crippen LogP contribution is -2.48. The van der Waals surface area contributed by atoms with E-state index in [0.29, 0.717) is 5.69 Å². The zero-order valence-electron chi connectivity index (χ0n) is 14.9. The van der Waals surface area contributed by atoms with E-state index in [1.165, 1.54) is 4.90 Å². The Bertz CT molecular complexity index is 912. The number of carboxylic acid groups (broad SMARTS) is 1. The number of carbonyl (C=O) groups excluding carboxylic acids is 1. The first-order valence-corrected chi connectivity index (χ1v) is 9.31. The van der Waals surface area contributed by atoms with Gasteiger partial charge in [-0.15, -0.1) is 0 Å². The van der Waals surface area contributed by atoms with Gasteiger partial charge in [0.1, 0.15) is 5.25 Å². The van der Waals surface area contributed by atoms with Crippen molar-refractivity contribution in [1.82, 2.24) is 25.1 Å². The second-order valence-corrected chi connectivity index (χ2v) is 7.98. The first kappa shape index (κ1) is 20.5. The maximum absolute atomic E-state index is 13.2. The first-order valence-electron chi connectivity index (χ1n) is 7.77. The molecule has 2 aromatic rings. The summed E-state index contributed by atoms with van der Waals surface area (Å²) in [6, 6.07) is 8.26. The van der Waals surface area contributed by atoms with Crippen molar-refractivity contribution in [2.45, 2.75) is 23.4 Å². The van der Waals surface area contributed by atoms with Crippen molar-refractivity contribution in [2.75, 3.05) is 20.6 Å². The average Bonchev–Trinajstić information content (AvgIpc) is 3.08. The molecule has 27 heavy (non-hydrogen) atoms. The number of hydrogen-bond acceptors (Lipinski definition) is 9. The minimum absolute atomic E-state index is 0.228. The predicted octanol–water partition coefficient (Wildman–Crippen LogP) is -0.617. The van der Waals surface area contributed by atoms with Crippen molar-refractivity contribution in [3.05, 3.63) is 30.3 Å². The Morgan fingerprint density at radius 2 is 1.89 bits per heavy atom. The molecular weight excluding hydrogens is 378 g/mol. The largest absolute Gasteiger partial charge is 0.478 e. The third-order valence-electron chi connectivity index (χ3n) is 3.51. The van der Waals surface area contributed by atoms with Crippen LogP contribution in [-0.4, -0.2) is 82.6 Å². The highest BCUT2D eigenvalue weighted by Crippen LogP contribution is 2.21. The van der Waals surface area contributed by atoms with Gasteiger partial charge in [-0.2, -0.15) is 4.68 Å². The van der Waals surface area contributed by atoms with Gasteiger partial charge in [0.25, 0.3) is 5.16 Å². The lowest BCUT2D eigenvalue weighted by Gasteiger charge is -2.25. The van der Waals surface area contributed by atoms with E-state index in [1.807, 2.05) is 0 Å². The topological polar surface area (TPSA) is 145 Å². The quantitative estimate of drug-likeness (QED) is 0.572. The Morgan fingerprint density at radius 1 is 1.26 bits per heavy atom. The van der Waals surface area contributed by atoms with Crippen molar-refractivity contribution < 1.29 is 27.9 Å². The summed E-state index contributed by atoms with van der Waals surface area (Å²) in [4.78, 5) is 24.4. The molecule has 0 saturated carbocycles. The van der Waals surface area contributed by atoms with Crippen LogP contribution in [0.2, 0.25) is 0 Å². The van der Waals surface area contributed by atoms with Gasteiger partial charge in [0.05, 0.1) is 5.69 Å². The van der Waals surface area contributed by atoms with Crippen molar-refractivity contribution in [3.8, 4) is 5.69 Å². The van der Waals surface area contributed by atoms with Gasteiger partial charge in [0.2, 0.25) is 15.9 Å². The molecule has 1 aromatic heterocycles. The van der Waals surface area contributed by atoms with Gasteiger partial charge in [-0.1, -0.05) is 23.3 Å². The molecule has 146 valence electrons. The molecule has 11 nitrogen and oxygen atoms in total. The fraction of sp³-hybridized carbons (Fsp3) is 0.400. The molecule has 0 amide bonds. The van der Waals surface area contributed by atoms with Gasteiger partial charge in [0.15, 0.2) is 0 Å². The number of tetrazole rings is 1. The van der Waals surface area contributed by atoms with E-state index in [-0.39, 0.29) is 6.54 Å². The highest BCUT2D eigenvalue weighted by Gasteiger charge is 2.44. The van der Waals surface area contributed by atoms with Crippen LogP contribution in [0.25, 0.3) is 5.69 Å². The summed E-state index contributed by atoms with van der Waals surface area (Å²) in [6.45, 7) is 0.775. The van der Waals surface area contributed by atoms with Gasteiger partial charge in [-0.05, 0) is 36.7 Å². The van der Waals surface area contributed by atoms with Gasteiger partial charge >= 0.3 is 11.9 Å². The summed E-state index contributed by atoms with van der Waals surface area (Å²) in [6.07, 6.45) is -1.92. The second-order valence-electron chi connectivity index (χ2n) is 5.92. The number of carboxylic acids is 1. The third-order valence-corrected chi connectivity index (χ3v) is 5.47. The molecule has 0 spiro atoms. The van der Waals surface area contributed by atoms with E-state index in [0.717, 1.165) is 11.6 Å². The van der Waals surface area contributed by atoms with Crippen molar-refractivity contribution in [3.63, 3.8) is 0 Å². The molecule has 0 fully saturated rings. The number of para-hydroxylation sites is 1. The van der Waals surface area contributed by atoms with Crippen LogP contribution in [0.4, 0.5) is 0 Å². The zero-order valence-corrected chi connectivity index (χ0v) is 15.7. The molecule has 0 aliphatic rings. The molecule has 2 atom stereocenters. The van der Waals surface area contributed by atoms with E-state index in [9.17, 15) is 23.1 Å². The number of rotatable bonds is 8. The number of hydrogen-bond donors (Lipinski definition) is 1. The van der Waals surface area contributed by atoms with E-state index < -0.39 is 38.3 Å². The second kappa shape index (κ2) is 8.22. The smallest absolute Gasteiger partial charge is 0.346 e. The van der Waals surface area contributed by atoms with Crippen molar-refractivity contribution >= 4 is 21.8 Å². The highest BCUT2D eigenvalue weighted by atomic mass is 32.2. The Labute approximate surface area is 155 Å². The van der Waals surface area contributed by atoms with Gasteiger partial charge < -0.3 is 14.7 Å². The van der Waals surface area contributed by atoms with Crippen LogP contribution in [-0.2, 0) is 24.2 Å². The Morgan fingerprint density at radius 3 is 2.41 bits per heavy atom. The highest BCUT2D eigenvalue weighted by molar-refractivity contribution is 7.92. The molecule has 2 unspecified atom stereocenters. The molecule has 2 rings (SSSR count). The summed E-state index contributed by atoms with van der Waals surface area (Å²) in [7, 11) is -1.26. The van der Waals surface area contributed by atoms with Gasteiger partial charge in [-0.25, -0.2) is 13.2 Å². The number of benzene rings is 1. The minimum Gasteiger partial charge on any atom is -0.478 e. The number of esters is 1. The first-order chi connectivity index (χ1) is 12.6. The number of nitrogens with zero attached hydrogens (tertiary/aromatic N) is 5. The molecule has 12 heteroatoms. The summed E-state index contributed by atoms with van der Waals surface area (Å²) in [5.74, 6) is -2.50. The number of ether oxygens (including phenoxy) is 1. The lowest BCUT2D eigenvalue weighted by atomic mass is 10.2. The number of aliphatic carboxylic acids is 1. The van der Waals surface area contributed by atoms with Crippen LogP contribution in [0.15, 0.2) is 35.5 Å². The average molecular weight is 397 g/mol. The molecule has 0 radical (unpaired) electrons. The van der Waals surface area contributed by atoms with Crippen LogP contribution in [0, 0.1) is 0 Å². The van der Waals surface area contributed by atoms with Crippen LogP contribution >= 0.6 is 0 Å². The van der Waals surface area contributed by atoms with Crippen molar-refractivity contribution in [2.24, 2.45) is 0 Å². The fourth-order valence-electron chi connectivity index (χ4n) is 2.40. The molecule has 1 heterocycles. The van der Waals surface area contributed by atoms with Crippen molar-refractivity contribution in [1.29, 1.82) is 0 Å². The summed E-state index contributed by atoms with van der Waals surface area (Å²) >= 11 is 0. The lowest BCUT2D eigenvalue weighted by molar-refractivity contribution is -0.162. The minimum atomic E-state index is -4.39. The molecule has 0 aliphatic carbocycles. The van der Waals surface area contributed by atoms with Crippen LogP contribution in [0.5, 0.6) is 0 Å². The summed E-state index contributed by atoms with van der Waals surface area (Å²) < 4.78 is 32.2. The van der Waals surface area contributed by atoms with Crippen LogP contribution in [0.3, 0.4) is 0 Å². The SMILES string of the molecule is CC(=O)OC(C(=O)O)C(CN(C)C)S(=O)(=O)c1nnnn1-c1ccccc1. The normalized spacial score (nSPS) is 13.9. The van der Waals surface area contributed by atoms with Crippen LogP contribution < -0.4 is 0 Å². The van der Waals surface area contributed by atoms with E-state index in [1.54, 1.807) is 44.4 Å². The monoisotopic (exact) mass is 397 g/mol. The fourth-order valence-corrected chi connectivity index (χ4v) is 4.20. The maximum atomic E-state index is 13.2. The predicted molar refractivity (Wildman–Crippen MR) is 91.9 cm³/mol.